The molecule has 1 fully saturated rings. The van der Waals surface area contributed by atoms with Crippen molar-refractivity contribution >= 4 is 21.7 Å². The number of ketones is 1. The first-order chi connectivity index (χ1) is 6.04. The Morgan fingerprint density at radius 2 is 2.31 bits per heavy atom. The van der Waals surface area contributed by atoms with Crippen molar-refractivity contribution in [2.75, 3.05) is 0 Å². The van der Waals surface area contributed by atoms with Gasteiger partial charge in [0.1, 0.15) is 5.69 Å². The minimum Gasteiger partial charge on any atom is -0.292 e. The molecule has 1 aromatic rings. The summed E-state index contributed by atoms with van der Waals surface area (Å²) in [5.41, 5.74) is 0.580. The third-order valence-electron chi connectivity index (χ3n) is 2.66. The molecule has 1 aromatic heterocycles. The van der Waals surface area contributed by atoms with E-state index in [1.807, 2.05) is 6.92 Å². The maximum atomic E-state index is 11.9. The summed E-state index contributed by atoms with van der Waals surface area (Å²) < 4.78 is 2.43. The lowest BCUT2D eigenvalue weighted by molar-refractivity contribution is 0.0902. The van der Waals surface area contributed by atoms with Crippen LogP contribution in [0.1, 0.15) is 30.3 Å². The molecule has 0 unspecified atom stereocenters. The quantitative estimate of drug-likeness (QED) is 0.746. The number of hydrogen-bond donors (Lipinski definition) is 0. The summed E-state index contributed by atoms with van der Waals surface area (Å²) in [4.78, 5) is 11.9. The van der Waals surface area contributed by atoms with Gasteiger partial charge in [0, 0.05) is 12.5 Å². The number of aryl methyl sites for hydroxylation is 1. The van der Waals surface area contributed by atoms with Crippen LogP contribution in [-0.2, 0) is 7.05 Å². The van der Waals surface area contributed by atoms with E-state index in [1.165, 1.54) is 0 Å². The molecule has 3 nitrogen and oxygen atoms in total. The third kappa shape index (κ3) is 1.33. The molecule has 1 saturated carbocycles. The molecule has 0 aliphatic heterocycles. The van der Waals surface area contributed by atoms with E-state index >= 15 is 0 Å². The van der Waals surface area contributed by atoms with Crippen LogP contribution in [-0.4, -0.2) is 15.6 Å². The highest BCUT2D eigenvalue weighted by Gasteiger charge is 2.46. The maximum absolute atomic E-state index is 11.9. The molecule has 0 bridgehead atoms. The molecule has 0 saturated heterocycles. The van der Waals surface area contributed by atoms with E-state index in [2.05, 4.69) is 21.0 Å². The second-order valence-electron chi connectivity index (χ2n) is 3.85. The van der Waals surface area contributed by atoms with Crippen molar-refractivity contribution in [3.63, 3.8) is 0 Å². The lowest BCUT2D eigenvalue weighted by Gasteiger charge is -2.07. The lowest BCUT2D eigenvalue weighted by atomic mass is 10.0. The molecule has 0 N–H and O–H groups in total. The smallest absolute Gasteiger partial charge is 0.187 e. The fraction of sp³-hybridized carbons (Fsp3) is 0.556. The SMILES string of the molecule is Cn1ncc(Br)c1C(=O)C1(C)CC1. The first-order valence-corrected chi connectivity index (χ1v) is 5.06. The zero-order valence-electron chi connectivity index (χ0n) is 7.67. The normalized spacial score (nSPS) is 18.7. The molecule has 1 heterocycles. The van der Waals surface area contributed by atoms with Gasteiger partial charge in [0.15, 0.2) is 5.78 Å². The minimum atomic E-state index is -0.115. The van der Waals surface area contributed by atoms with Crippen molar-refractivity contribution in [3.05, 3.63) is 16.4 Å². The highest BCUT2D eigenvalue weighted by atomic mass is 79.9. The Labute approximate surface area is 85.3 Å². The van der Waals surface area contributed by atoms with Crippen molar-refractivity contribution in [1.29, 1.82) is 0 Å². The van der Waals surface area contributed by atoms with E-state index in [1.54, 1.807) is 17.9 Å². The molecular weight excluding hydrogens is 232 g/mol. The molecule has 0 aromatic carbocycles. The maximum Gasteiger partial charge on any atom is 0.187 e. The largest absolute Gasteiger partial charge is 0.292 e. The molecule has 0 radical (unpaired) electrons. The zero-order valence-corrected chi connectivity index (χ0v) is 9.26. The van der Waals surface area contributed by atoms with Crippen molar-refractivity contribution < 1.29 is 4.79 Å². The van der Waals surface area contributed by atoms with E-state index in [-0.39, 0.29) is 11.2 Å². The second-order valence-corrected chi connectivity index (χ2v) is 4.71. The molecule has 0 amide bonds. The van der Waals surface area contributed by atoms with Gasteiger partial charge < -0.3 is 0 Å². The molecule has 1 aliphatic carbocycles. The van der Waals surface area contributed by atoms with E-state index in [4.69, 9.17) is 0 Å². The number of nitrogens with zero attached hydrogens (tertiary/aromatic N) is 2. The van der Waals surface area contributed by atoms with Gasteiger partial charge in [0.2, 0.25) is 0 Å². The van der Waals surface area contributed by atoms with Gasteiger partial charge >= 0.3 is 0 Å². The van der Waals surface area contributed by atoms with E-state index in [0.717, 1.165) is 17.3 Å². The number of carbonyl (C=O) groups is 1. The second kappa shape index (κ2) is 2.67. The van der Waals surface area contributed by atoms with Gasteiger partial charge in [-0.25, -0.2) is 0 Å². The van der Waals surface area contributed by atoms with Crippen LogP contribution in [0.2, 0.25) is 0 Å². The number of aromatic nitrogens is 2. The number of Topliss-reactive ketones (excluding diaryl/α,β-unsaturated/α-hetero) is 1. The van der Waals surface area contributed by atoms with Crippen LogP contribution < -0.4 is 0 Å². The summed E-state index contributed by atoms with van der Waals surface area (Å²) in [5, 5.41) is 4.03. The van der Waals surface area contributed by atoms with Crippen LogP contribution in [0.15, 0.2) is 10.7 Å². The summed E-state index contributed by atoms with van der Waals surface area (Å²) in [5.74, 6) is 0.208. The van der Waals surface area contributed by atoms with Crippen molar-refractivity contribution in [3.8, 4) is 0 Å². The minimum absolute atomic E-state index is 0.115. The predicted molar refractivity (Wildman–Crippen MR) is 52.6 cm³/mol. The monoisotopic (exact) mass is 242 g/mol. The molecule has 4 heteroatoms. The highest BCUT2D eigenvalue weighted by molar-refractivity contribution is 9.10. The summed E-state index contributed by atoms with van der Waals surface area (Å²) in [6, 6.07) is 0. The van der Waals surface area contributed by atoms with Gasteiger partial charge in [-0.2, -0.15) is 5.10 Å². The summed E-state index contributed by atoms with van der Waals surface area (Å²) in [6.07, 6.45) is 3.67. The van der Waals surface area contributed by atoms with Crippen molar-refractivity contribution in [1.82, 2.24) is 9.78 Å². The van der Waals surface area contributed by atoms with Gasteiger partial charge in [0.05, 0.1) is 10.7 Å². The molecule has 70 valence electrons. The van der Waals surface area contributed by atoms with Crippen LogP contribution in [0.25, 0.3) is 0 Å². The Morgan fingerprint density at radius 1 is 1.69 bits per heavy atom. The third-order valence-corrected chi connectivity index (χ3v) is 3.24. The van der Waals surface area contributed by atoms with Crippen molar-refractivity contribution in [2.45, 2.75) is 19.8 Å². The van der Waals surface area contributed by atoms with Gasteiger partial charge in [-0.15, -0.1) is 0 Å². The topological polar surface area (TPSA) is 34.9 Å². The van der Waals surface area contributed by atoms with Crippen molar-refractivity contribution in [2.24, 2.45) is 12.5 Å². The average molecular weight is 243 g/mol. The highest BCUT2D eigenvalue weighted by Crippen LogP contribution is 2.48. The summed E-state index contributed by atoms with van der Waals surface area (Å²) in [6.45, 7) is 2.01. The zero-order chi connectivity index (χ0) is 9.64. The van der Waals surface area contributed by atoms with E-state index in [0.29, 0.717) is 5.69 Å². The molecule has 1 aliphatic rings. The van der Waals surface area contributed by atoms with Crippen LogP contribution in [0.4, 0.5) is 0 Å². The average Bonchev–Trinajstić information content (AvgIpc) is 2.73. The first-order valence-electron chi connectivity index (χ1n) is 4.27. The number of hydrogen-bond acceptors (Lipinski definition) is 2. The Kier molecular flexibility index (Phi) is 1.84. The van der Waals surface area contributed by atoms with E-state index in [9.17, 15) is 4.79 Å². The van der Waals surface area contributed by atoms with Crippen LogP contribution >= 0.6 is 15.9 Å². The molecule has 0 spiro atoms. The molecular formula is C9H11BrN2O. The van der Waals surface area contributed by atoms with Gasteiger partial charge in [-0.1, -0.05) is 6.92 Å². The fourth-order valence-electron chi connectivity index (χ4n) is 1.37. The van der Waals surface area contributed by atoms with Crippen LogP contribution in [0, 0.1) is 5.41 Å². The summed E-state index contributed by atoms with van der Waals surface area (Å²) >= 11 is 3.33. The van der Waals surface area contributed by atoms with E-state index < -0.39 is 0 Å². The summed E-state index contributed by atoms with van der Waals surface area (Å²) in [7, 11) is 1.80. The van der Waals surface area contributed by atoms with Crippen LogP contribution in [0.3, 0.4) is 0 Å². The number of rotatable bonds is 2. The predicted octanol–water partition coefficient (Wildman–Crippen LogP) is 2.17. The Bertz CT molecular complexity index is 346. The molecule has 2 rings (SSSR count). The molecule has 0 atom stereocenters. The standard InChI is InChI=1S/C9H11BrN2O/c1-9(3-4-9)8(13)7-6(10)5-11-12(7)2/h5H,3-4H2,1-2H3. The molecule has 13 heavy (non-hydrogen) atoms. The van der Waals surface area contributed by atoms with Gasteiger partial charge in [-0.05, 0) is 28.8 Å². The van der Waals surface area contributed by atoms with Gasteiger partial charge in [0.25, 0.3) is 0 Å². The lowest BCUT2D eigenvalue weighted by Crippen LogP contribution is -2.16. The Morgan fingerprint density at radius 3 is 2.69 bits per heavy atom. The number of halogens is 1. The Hall–Kier alpha value is -0.640. The Balaban J connectivity index is 2.40. The van der Waals surface area contributed by atoms with Gasteiger partial charge in [-0.3, -0.25) is 9.48 Å². The fourth-order valence-corrected chi connectivity index (χ4v) is 1.89. The number of carbonyl (C=O) groups excluding carboxylic acids is 1. The van der Waals surface area contributed by atoms with Crippen LogP contribution in [0.5, 0.6) is 0 Å². The first kappa shape index (κ1) is 8.94.